The van der Waals surface area contributed by atoms with E-state index in [2.05, 4.69) is 22.5 Å². The summed E-state index contributed by atoms with van der Waals surface area (Å²) in [5.74, 6) is 1.24. The maximum atomic E-state index is 9.46. The Hall–Kier alpha value is -1.71. The van der Waals surface area contributed by atoms with E-state index in [0.717, 1.165) is 31.0 Å². The number of guanidine groups is 1. The Morgan fingerprint density at radius 1 is 1.29 bits per heavy atom. The lowest BCUT2D eigenvalue weighted by molar-refractivity contribution is 0.410. The summed E-state index contributed by atoms with van der Waals surface area (Å²) >= 11 is 0. The fraction of sp³-hybridized carbons (Fsp3) is 0.588. The number of nitrogens with one attached hydrogen (secondary N) is 2. The average molecular weight is 289 g/mol. The predicted octanol–water partition coefficient (Wildman–Crippen LogP) is 2.82. The van der Waals surface area contributed by atoms with E-state index in [1.807, 2.05) is 12.1 Å². The molecule has 0 radical (unpaired) electrons. The van der Waals surface area contributed by atoms with Crippen molar-refractivity contribution in [2.75, 3.05) is 13.1 Å². The maximum Gasteiger partial charge on any atom is 0.191 e. The van der Waals surface area contributed by atoms with Gasteiger partial charge in [0.25, 0.3) is 0 Å². The van der Waals surface area contributed by atoms with Gasteiger partial charge >= 0.3 is 0 Å². The minimum atomic E-state index is 0.323. The molecule has 1 aromatic carbocycles. The van der Waals surface area contributed by atoms with Crippen LogP contribution in [0.5, 0.6) is 5.75 Å². The largest absolute Gasteiger partial charge is 0.508 e. The summed E-state index contributed by atoms with van der Waals surface area (Å²) in [6.07, 6.45) is 7.34. The number of benzene rings is 1. The zero-order valence-electron chi connectivity index (χ0n) is 12.9. The molecule has 0 aliphatic heterocycles. The van der Waals surface area contributed by atoms with E-state index in [9.17, 15) is 5.11 Å². The molecule has 1 aliphatic carbocycles. The fourth-order valence-electron chi connectivity index (χ4n) is 2.77. The number of nitrogens with zero attached hydrogens (tertiary/aromatic N) is 1. The number of hydrogen-bond donors (Lipinski definition) is 3. The lowest BCUT2D eigenvalue weighted by Crippen LogP contribution is -2.44. The second kappa shape index (κ2) is 8.55. The lowest BCUT2D eigenvalue weighted by Gasteiger charge is -2.24. The highest BCUT2D eigenvalue weighted by molar-refractivity contribution is 5.80. The summed E-state index contributed by atoms with van der Waals surface area (Å²) in [7, 11) is 0. The van der Waals surface area contributed by atoms with Gasteiger partial charge in [0, 0.05) is 19.1 Å². The summed E-state index contributed by atoms with van der Waals surface area (Å²) in [6, 6.07) is 7.96. The van der Waals surface area contributed by atoms with Crippen molar-refractivity contribution in [1.29, 1.82) is 0 Å². The summed E-state index contributed by atoms with van der Waals surface area (Å²) < 4.78 is 0. The number of phenols is 1. The van der Waals surface area contributed by atoms with E-state index < -0.39 is 0 Å². The normalized spacial score (nSPS) is 16.7. The number of aliphatic imine (C=N–C) groups is 1. The van der Waals surface area contributed by atoms with E-state index in [0.29, 0.717) is 11.8 Å². The van der Waals surface area contributed by atoms with Crippen LogP contribution >= 0.6 is 0 Å². The molecule has 1 aliphatic rings. The summed E-state index contributed by atoms with van der Waals surface area (Å²) in [6.45, 7) is 3.70. The molecule has 4 heteroatoms. The van der Waals surface area contributed by atoms with Gasteiger partial charge in [-0.3, -0.25) is 4.99 Å². The van der Waals surface area contributed by atoms with Crippen LogP contribution in [0.1, 0.15) is 44.6 Å². The number of rotatable bonds is 5. The minimum Gasteiger partial charge on any atom is -0.508 e. The highest BCUT2D eigenvalue weighted by atomic mass is 16.3. The first-order valence-electron chi connectivity index (χ1n) is 8.10. The maximum absolute atomic E-state index is 9.46. The van der Waals surface area contributed by atoms with Gasteiger partial charge < -0.3 is 15.7 Å². The predicted molar refractivity (Wildman–Crippen MR) is 87.8 cm³/mol. The number of hydrogen-bond acceptors (Lipinski definition) is 2. The molecule has 0 saturated heterocycles. The molecular formula is C17H27N3O. The molecule has 21 heavy (non-hydrogen) atoms. The van der Waals surface area contributed by atoms with Crippen molar-refractivity contribution in [3.63, 3.8) is 0 Å². The Labute approximate surface area is 127 Å². The molecule has 1 saturated carbocycles. The van der Waals surface area contributed by atoms with Crippen LogP contribution in [-0.2, 0) is 6.42 Å². The molecule has 0 spiro atoms. The van der Waals surface area contributed by atoms with Crippen molar-refractivity contribution in [3.05, 3.63) is 29.8 Å². The van der Waals surface area contributed by atoms with Crippen LogP contribution in [0, 0.1) is 0 Å². The summed E-state index contributed by atoms with van der Waals surface area (Å²) in [4.78, 5) is 4.65. The summed E-state index contributed by atoms with van der Waals surface area (Å²) in [5, 5.41) is 16.3. The second-order valence-corrected chi connectivity index (χ2v) is 5.66. The number of aromatic hydroxyl groups is 1. The smallest absolute Gasteiger partial charge is 0.191 e. The van der Waals surface area contributed by atoms with Gasteiger partial charge in [-0.15, -0.1) is 0 Å². The first-order chi connectivity index (χ1) is 10.3. The molecule has 4 nitrogen and oxygen atoms in total. The molecule has 3 N–H and O–H groups in total. The molecule has 0 unspecified atom stereocenters. The van der Waals surface area contributed by atoms with Gasteiger partial charge in [-0.2, -0.15) is 0 Å². The topological polar surface area (TPSA) is 56.7 Å². The Morgan fingerprint density at radius 2 is 2.10 bits per heavy atom. The Balaban J connectivity index is 1.84. The minimum absolute atomic E-state index is 0.323. The number of phenolic OH excluding ortho intramolecular Hbond substituents is 1. The third-order valence-corrected chi connectivity index (χ3v) is 3.87. The first-order valence-corrected chi connectivity index (χ1v) is 8.10. The van der Waals surface area contributed by atoms with Crippen LogP contribution in [0.15, 0.2) is 29.3 Å². The molecule has 0 heterocycles. The zero-order valence-corrected chi connectivity index (χ0v) is 12.9. The van der Waals surface area contributed by atoms with Crippen LogP contribution in [-0.4, -0.2) is 30.2 Å². The SMILES string of the molecule is CCNC(=NCCc1cccc(O)c1)NC1CCCCC1. The Morgan fingerprint density at radius 3 is 2.81 bits per heavy atom. The van der Waals surface area contributed by atoms with Crippen LogP contribution in [0.25, 0.3) is 0 Å². The standard InChI is InChI=1S/C17H27N3O/c1-2-18-17(20-15-8-4-3-5-9-15)19-12-11-14-7-6-10-16(21)13-14/h6-7,10,13,15,21H,2-5,8-9,11-12H2,1H3,(H2,18,19,20). The zero-order chi connectivity index (χ0) is 14.9. The van der Waals surface area contributed by atoms with Gasteiger partial charge in [0.15, 0.2) is 5.96 Å². The molecule has 0 aromatic heterocycles. The van der Waals surface area contributed by atoms with E-state index in [1.54, 1.807) is 12.1 Å². The first kappa shape index (κ1) is 15.7. The van der Waals surface area contributed by atoms with Gasteiger partial charge in [0.2, 0.25) is 0 Å². The molecule has 1 aromatic rings. The van der Waals surface area contributed by atoms with E-state index >= 15 is 0 Å². The van der Waals surface area contributed by atoms with Gasteiger partial charge in [-0.05, 0) is 43.9 Å². The molecule has 0 bridgehead atoms. The van der Waals surface area contributed by atoms with Gasteiger partial charge in [0.1, 0.15) is 5.75 Å². The third-order valence-electron chi connectivity index (χ3n) is 3.87. The molecule has 1 fully saturated rings. The fourth-order valence-corrected chi connectivity index (χ4v) is 2.77. The van der Waals surface area contributed by atoms with Crippen molar-refractivity contribution in [3.8, 4) is 5.75 Å². The van der Waals surface area contributed by atoms with Gasteiger partial charge in [-0.25, -0.2) is 0 Å². The highest BCUT2D eigenvalue weighted by Gasteiger charge is 2.14. The summed E-state index contributed by atoms with van der Waals surface area (Å²) in [5.41, 5.74) is 1.12. The molecule has 0 amide bonds. The van der Waals surface area contributed by atoms with E-state index in [-0.39, 0.29) is 0 Å². The Bertz CT molecular complexity index is 453. The monoisotopic (exact) mass is 289 g/mol. The Kier molecular flexibility index (Phi) is 6.38. The van der Waals surface area contributed by atoms with Gasteiger partial charge in [0.05, 0.1) is 0 Å². The van der Waals surface area contributed by atoms with Crippen molar-refractivity contribution in [2.24, 2.45) is 4.99 Å². The van der Waals surface area contributed by atoms with Crippen molar-refractivity contribution in [2.45, 2.75) is 51.5 Å². The quantitative estimate of drug-likeness (QED) is 0.577. The van der Waals surface area contributed by atoms with Crippen LogP contribution in [0.4, 0.5) is 0 Å². The third kappa shape index (κ3) is 5.66. The van der Waals surface area contributed by atoms with Crippen LogP contribution in [0.2, 0.25) is 0 Å². The molecule has 116 valence electrons. The van der Waals surface area contributed by atoms with Crippen molar-refractivity contribution < 1.29 is 5.11 Å². The molecule has 0 atom stereocenters. The van der Waals surface area contributed by atoms with E-state index in [4.69, 9.17) is 0 Å². The molecular weight excluding hydrogens is 262 g/mol. The average Bonchev–Trinajstić information content (AvgIpc) is 2.48. The van der Waals surface area contributed by atoms with Crippen LogP contribution in [0.3, 0.4) is 0 Å². The van der Waals surface area contributed by atoms with Crippen molar-refractivity contribution in [1.82, 2.24) is 10.6 Å². The second-order valence-electron chi connectivity index (χ2n) is 5.66. The lowest BCUT2D eigenvalue weighted by atomic mass is 9.96. The van der Waals surface area contributed by atoms with Crippen molar-refractivity contribution >= 4 is 5.96 Å². The van der Waals surface area contributed by atoms with E-state index in [1.165, 1.54) is 32.1 Å². The van der Waals surface area contributed by atoms with Gasteiger partial charge in [-0.1, -0.05) is 31.4 Å². The molecule has 2 rings (SSSR count). The van der Waals surface area contributed by atoms with Crippen LogP contribution < -0.4 is 10.6 Å². The highest BCUT2D eigenvalue weighted by Crippen LogP contribution is 2.17.